The van der Waals surface area contributed by atoms with Crippen molar-refractivity contribution in [1.29, 1.82) is 0 Å². The summed E-state index contributed by atoms with van der Waals surface area (Å²) in [4.78, 5) is 0. The van der Waals surface area contributed by atoms with Crippen LogP contribution in [-0.2, 0) is 29.2 Å². The molecule has 0 unspecified atom stereocenters. The van der Waals surface area contributed by atoms with Crippen LogP contribution in [0.1, 0.15) is 129 Å². The molecule has 0 N–H and O–H groups in total. The molecule has 0 saturated carbocycles. The molecule has 0 radical (unpaired) electrons. The minimum absolute atomic E-state index is 0. The van der Waals surface area contributed by atoms with Crippen LogP contribution in [0.25, 0.3) is 0 Å². The van der Waals surface area contributed by atoms with Crippen molar-refractivity contribution in [1.82, 2.24) is 0 Å². The van der Waals surface area contributed by atoms with Crippen LogP contribution < -0.4 is 48.4 Å². The van der Waals surface area contributed by atoms with Crippen molar-refractivity contribution in [2.45, 2.75) is 129 Å². The second kappa shape index (κ2) is 30.6. The molecule has 34 heavy (non-hydrogen) atoms. The van der Waals surface area contributed by atoms with Crippen molar-refractivity contribution in [3.63, 3.8) is 0 Å². The zero-order chi connectivity index (χ0) is 24.6. The van der Waals surface area contributed by atoms with E-state index in [-0.39, 0.29) is 61.6 Å². The minimum Gasteiger partial charge on any atom is -0.726 e. The van der Waals surface area contributed by atoms with Crippen LogP contribution in [-0.4, -0.2) is 39.2 Å². The van der Waals surface area contributed by atoms with Gasteiger partial charge in [0, 0.05) is 0 Å². The van der Waals surface area contributed by atoms with Gasteiger partial charge in [0.2, 0.25) is 20.8 Å². The molecule has 0 aliphatic heterocycles. The molecular formula is C22H46LiNaO8S2. The van der Waals surface area contributed by atoms with Crippen molar-refractivity contribution in [3.8, 4) is 0 Å². The first kappa shape index (κ1) is 42.4. The maximum Gasteiger partial charge on any atom is 1.00 e. The van der Waals surface area contributed by atoms with E-state index in [4.69, 9.17) is 0 Å². The molecule has 0 aliphatic carbocycles. The summed E-state index contributed by atoms with van der Waals surface area (Å²) in [5, 5.41) is 0. The van der Waals surface area contributed by atoms with Crippen LogP contribution in [0.3, 0.4) is 0 Å². The molecule has 0 aromatic rings. The standard InChI is InChI=1S/C12H26O4S.C10H22O4S.Li.Na/c1-2-3-4-5-6-7-8-9-10-11-12-16-17(13,14)15;1-2-3-4-5-6-7-8-9-10-14-15(11,12)13;;/h2-12H2,1H3,(H,13,14,15);2-10H2,1H3,(H,11,12,13);;/q;;2*+1/p-2. The van der Waals surface area contributed by atoms with Crippen molar-refractivity contribution < 1.29 is 82.7 Å². The van der Waals surface area contributed by atoms with E-state index in [1.807, 2.05) is 0 Å². The van der Waals surface area contributed by atoms with Crippen LogP contribution in [0.5, 0.6) is 0 Å². The molecule has 0 spiro atoms. The Labute approximate surface area is 244 Å². The van der Waals surface area contributed by atoms with Crippen LogP contribution in [0.2, 0.25) is 0 Å². The van der Waals surface area contributed by atoms with Crippen LogP contribution in [0, 0.1) is 0 Å². The summed E-state index contributed by atoms with van der Waals surface area (Å²) < 4.78 is 68.7. The van der Waals surface area contributed by atoms with Gasteiger partial charge in [-0.1, -0.05) is 117 Å². The molecule has 0 aromatic heterocycles. The zero-order valence-electron chi connectivity index (χ0n) is 22.2. The summed E-state index contributed by atoms with van der Waals surface area (Å²) in [5.74, 6) is 0. The van der Waals surface area contributed by atoms with Crippen LogP contribution in [0.4, 0.5) is 0 Å². The largest absolute Gasteiger partial charge is 1.00 e. The van der Waals surface area contributed by atoms with Gasteiger partial charge in [-0.15, -0.1) is 0 Å². The molecule has 0 atom stereocenters. The van der Waals surface area contributed by atoms with E-state index in [9.17, 15) is 25.9 Å². The molecule has 0 heterocycles. The third kappa shape index (κ3) is 46.6. The number of hydrogen-bond donors (Lipinski definition) is 0. The van der Waals surface area contributed by atoms with E-state index in [0.717, 1.165) is 25.7 Å². The average Bonchev–Trinajstić information content (AvgIpc) is 2.70. The van der Waals surface area contributed by atoms with E-state index < -0.39 is 20.8 Å². The van der Waals surface area contributed by atoms with Crippen molar-refractivity contribution in [3.05, 3.63) is 0 Å². The summed E-state index contributed by atoms with van der Waals surface area (Å²) in [6.07, 6.45) is 20.6. The molecule has 0 fully saturated rings. The molecule has 196 valence electrons. The molecule has 0 aromatic carbocycles. The number of hydrogen-bond acceptors (Lipinski definition) is 8. The van der Waals surface area contributed by atoms with Gasteiger partial charge in [0.15, 0.2) is 0 Å². The molecular weight excluding hydrogens is 486 g/mol. The first-order valence-corrected chi connectivity index (χ1v) is 15.0. The van der Waals surface area contributed by atoms with Crippen molar-refractivity contribution >= 4 is 20.8 Å². The van der Waals surface area contributed by atoms with Gasteiger partial charge < -0.3 is 9.11 Å². The van der Waals surface area contributed by atoms with Gasteiger partial charge in [0.05, 0.1) is 13.2 Å². The monoisotopic (exact) mass is 532 g/mol. The minimum atomic E-state index is -4.48. The normalized spacial score (nSPS) is 11.2. The molecule has 0 aliphatic rings. The Balaban J connectivity index is -0.000000252. The second-order valence-electron chi connectivity index (χ2n) is 8.12. The van der Waals surface area contributed by atoms with Crippen molar-refractivity contribution in [2.24, 2.45) is 0 Å². The summed E-state index contributed by atoms with van der Waals surface area (Å²) in [7, 11) is -8.96. The maximum absolute atomic E-state index is 10.1. The van der Waals surface area contributed by atoms with Crippen LogP contribution in [0.15, 0.2) is 0 Å². The predicted octanol–water partition coefficient (Wildman–Crippen LogP) is -0.00400. The fourth-order valence-corrected chi connectivity index (χ4v) is 3.79. The van der Waals surface area contributed by atoms with E-state index in [0.29, 0.717) is 12.8 Å². The van der Waals surface area contributed by atoms with Gasteiger partial charge in [-0.2, -0.15) is 0 Å². The summed E-state index contributed by atoms with van der Waals surface area (Å²) in [6.45, 7) is 4.45. The fraction of sp³-hybridized carbons (Fsp3) is 1.00. The van der Waals surface area contributed by atoms with Gasteiger partial charge in [-0.25, -0.2) is 16.8 Å². The molecule has 8 nitrogen and oxygen atoms in total. The van der Waals surface area contributed by atoms with Gasteiger partial charge in [0.25, 0.3) is 0 Å². The van der Waals surface area contributed by atoms with Crippen LogP contribution >= 0.6 is 0 Å². The number of unbranched alkanes of at least 4 members (excludes halogenated alkanes) is 16. The topological polar surface area (TPSA) is 133 Å². The Morgan fingerprint density at radius 3 is 0.882 bits per heavy atom. The Morgan fingerprint density at radius 2 is 0.676 bits per heavy atom. The smallest absolute Gasteiger partial charge is 0.726 e. The Morgan fingerprint density at radius 1 is 0.471 bits per heavy atom. The van der Waals surface area contributed by atoms with E-state index in [2.05, 4.69) is 22.2 Å². The molecule has 0 bridgehead atoms. The molecule has 12 heteroatoms. The first-order chi connectivity index (χ1) is 15.1. The summed E-state index contributed by atoms with van der Waals surface area (Å²) in [5.41, 5.74) is 0. The van der Waals surface area contributed by atoms with Gasteiger partial charge >= 0.3 is 48.4 Å². The Bertz CT molecular complexity index is 590. The third-order valence-electron chi connectivity index (χ3n) is 4.95. The molecule has 0 amide bonds. The van der Waals surface area contributed by atoms with Gasteiger partial charge in [0.1, 0.15) is 0 Å². The van der Waals surface area contributed by atoms with E-state index >= 15 is 0 Å². The average molecular weight is 533 g/mol. The Kier molecular flexibility index (Phi) is 38.1. The zero-order valence-corrected chi connectivity index (χ0v) is 25.9. The number of rotatable bonds is 22. The molecule has 0 saturated heterocycles. The first-order valence-electron chi connectivity index (χ1n) is 12.3. The van der Waals surface area contributed by atoms with E-state index in [1.54, 1.807) is 0 Å². The van der Waals surface area contributed by atoms with Crippen molar-refractivity contribution in [2.75, 3.05) is 13.2 Å². The Hall–Kier alpha value is 1.34. The SMILES string of the molecule is CCCCCCCCCCCCOS(=O)(=O)[O-].CCCCCCCCCCOS(=O)(=O)[O-].[Li+].[Na+]. The van der Waals surface area contributed by atoms with E-state index in [1.165, 1.54) is 77.0 Å². The van der Waals surface area contributed by atoms with Gasteiger partial charge in [-0.05, 0) is 12.8 Å². The quantitative estimate of drug-likeness (QED) is 0.0823. The maximum atomic E-state index is 10.1. The van der Waals surface area contributed by atoms with Gasteiger partial charge in [-0.3, -0.25) is 8.37 Å². The third-order valence-corrected chi connectivity index (χ3v) is 5.86. The predicted molar refractivity (Wildman–Crippen MR) is 126 cm³/mol. The molecule has 0 rings (SSSR count). The summed E-state index contributed by atoms with van der Waals surface area (Å²) >= 11 is 0. The summed E-state index contributed by atoms with van der Waals surface area (Å²) in [6, 6.07) is 0. The fourth-order valence-electron chi connectivity index (χ4n) is 3.15. The second-order valence-corrected chi connectivity index (χ2v) is 10.2.